The van der Waals surface area contributed by atoms with Crippen LogP contribution in [0, 0.1) is 5.82 Å². The van der Waals surface area contributed by atoms with Gasteiger partial charge in [-0.25, -0.2) is 4.39 Å². The number of ether oxygens (including phenoxy) is 1. The van der Waals surface area contributed by atoms with Crippen molar-refractivity contribution in [2.45, 2.75) is 18.4 Å². The van der Waals surface area contributed by atoms with E-state index in [1.54, 1.807) is 13.2 Å². The lowest BCUT2D eigenvalue weighted by molar-refractivity contribution is 0.000175. The summed E-state index contributed by atoms with van der Waals surface area (Å²) in [5.74, 6) is -0.700. The Morgan fingerprint density at radius 3 is 2.45 bits per heavy atom. The SMILES string of the molecule is COC1(CNC(=O)c2cccc(F)c2)Cc2ccccc2C1. The molecule has 0 unspecified atom stereocenters. The van der Waals surface area contributed by atoms with Gasteiger partial charge in [-0.1, -0.05) is 30.3 Å². The third-order valence-electron chi connectivity index (χ3n) is 4.23. The smallest absolute Gasteiger partial charge is 0.251 e. The van der Waals surface area contributed by atoms with E-state index in [4.69, 9.17) is 4.74 Å². The first-order valence-electron chi connectivity index (χ1n) is 7.28. The lowest BCUT2D eigenvalue weighted by atomic mass is 10.00. The van der Waals surface area contributed by atoms with Crippen molar-refractivity contribution < 1.29 is 13.9 Å². The molecule has 0 heterocycles. The van der Waals surface area contributed by atoms with Gasteiger partial charge in [-0.05, 0) is 29.3 Å². The number of halogens is 1. The summed E-state index contributed by atoms with van der Waals surface area (Å²) in [5.41, 5.74) is 2.41. The summed E-state index contributed by atoms with van der Waals surface area (Å²) in [6.07, 6.45) is 1.53. The summed E-state index contributed by atoms with van der Waals surface area (Å²) in [6, 6.07) is 13.9. The first-order valence-corrected chi connectivity index (χ1v) is 7.28. The Morgan fingerprint density at radius 1 is 1.18 bits per heavy atom. The van der Waals surface area contributed by atoms with Crippen LogP contribution in [0.4, 0.5) is 4.39 Å². The zero-order valence-corrected chi connectivity index (χ0v) is 12.4. The van der Waals surface area contributed by atoms with Gasteiger partial charge in [0, 0.05) is 32.1 Å². The summed E-state index contributed by atoms with van der Waals surface area (Å²) in [4.78, 5) is 12.2. The molecule has 22 heavy (non-hydrogen) atoms. The minimum Gasteiger partial charge on any atom is -0.376 e. The van der Waals surface area contributed by atoms with E-state index in [1.807, 2.05) is 12.1 Å². The van der Waals surface area contributed by atoms with Crippen LogP contribution in [-0.4, -0.2) is 25.2 Å². The number of rotatable bonds is 4. The number of methoxy groups -OCH3 is 1. The van der Waals surface area contributed by atoms with E-state index in [0.717, 1.165) is 12.8 Å². The minimum atomic E-state index is -0.424. The first kappa shape index (κ1) is 14.7. The molecule has 0 spiro atoms. The average Bonchev–Trinajstić information content (AvgIpc) is 2.92. The van der Waals surface area contributed by atoms with Crippen LogP contribution < -0.4 is 5.32 Å². The summed E-state index contributed by atoms with van der Waals surface area (Å²) in [7, 11) is 1.67. The second-order valence-corrected chi connectivity index (χ2v) is 5.70. The van der Waals surface area contributed by atoms with Crippen LogP contribution in [0.25, 0.3) is 0 Å². The zero-order chi connectivity index (χ0) is 15.6. The Morgan fingerprint density at radius 2 is 1.86 bits per heavy atom. The Balaban J connectivity index is 1.69. The van der Waals surface area contributed by atoms with Gasteiger partial charge in [-0.2, -0.15) is 0 Å². The minimum absolute atomic E-state index is 0.285. The van der Waals surface area contributed by atoms with E-state index in [9.17, 15) is 9.18 Å². The van der Waals surface area contributed by atoms with E-state index in [1.165, 1.54) is 29.3 Å². The number of benzene rings is 2. The molecule has 0 saturated carbocycles. The fourth-order valence-electron chi connectivity index (χ4n) is 2.97. The van der Waals surface area contributed by atoms with Gasteiger partial charge in [-0.3, -0.25) is 4.79 Å². The van der Waals surface area contributed by atoms with Crippen molar-refractivity contribution in [2.75, 3.05) is 13.7 Å². The van der Waals surface area contributed by atoms with Gasteiger partial charge in [0.05, 0.1) is 5.60 Å². The van der Waals surface area contributed by atoms with Gasteiger partial charge < -0.3 is 10.1 Å². The Kier molecular flexibility index (Phi) is 3.94. The second kappa shape index (κ2) is 5.89. The first-order chi connectivity index (χ1) is 10.6. The van der Waals surface area contributed by atoms with E-state index in [-0.39, 0.29) is 5.91 Å². The summed E-state index contributed by atoms with van der Waals surface area (Å²) >= 11 is 0. The normalized spacial score (nSPS) is 15.4. The molecule has 0 saturated heterocycles. The average molecular weight is 299 g/mol. The van der Waals surface area contributed by atoms with E-state index >= 15 is 0 Å². The van der Waals surface area contributed by atoms with Crippen molar-refractivity contribution in [3.05, 3.63) is 71.0 Å². The maximum atomic E-state index is 13.2. The largest absolute Gasteiger partial charge is 0.376 e. The highest BCUT2D eigenvalue weighted by atomic mass is 19.1. The van der Waals surface area contributed by atoms with Gasteiger partial charge in [0.15, 0.2) is 0 Å². The molecule has 1 amide bonds. The van der Waals surface area contributed by atoms with Crippen LogP contribution in [0.5, 0.6) is 0 Å². The van der Waals surface area contributed by atoms with Gasteiger partial charge in [0.1, 0.15) is 5.82 Å². The van der Waals surface area contributed by atoms with Crippen LogP contribution in [0.3, 0.4) is 0 Å². The molecule has 3 rings (SSSR count). The van der Waals surface area contributed by atoms with Crippen molar-refractivity contribution in [2.24, 2.45) is 0 Å². The van der Waals surface area contributed by atoms with E-state index in [0.29, 0.717) is 12.1 Å². The highest BCUT2D eigenvalue weighted by Gasteiger charge is 2.37. The zero-order valence-electron chi connectivity index (χ0n) is 12.4. The van der Waals surface area contributed by atoms with Gasteiger partial charge in [-0.15, -0.1) is 0 Å². The third kappa shape index (κ3) is 2.88. The summed E-state index contributed by atoms with van der Waals surface area (Å²) in [6.45, 7) is 0.396. The Labute approximate surface area is 129 Å². The summed E-state index contributed by atoms with van der Waals surface area (Å²) in [5, 5.41) is 2.86. The van der Waals surface area contributed by atoms with Crippen molar-refractivity contribution in [1.29, 1.82) is 0 Å². The summed E-state index contributed by atoms with van der Waals surface area (Å²) < 4.78 is 18.9. The Bertz CT molecular complexity index is 674. The molecule has 114 valence electrons. The second-order valence-electron chi connectivity index (χ2n) is 5.70. The predicted molar refractivity (Wildman–Crippen MR) is 82.3 cm³/mol. The number of fused-ring (bicyclic) bond motifs is 1. The molecule has 0 bridgehead atoms. The Hall–Kier alpha value is -2.20. The van der Waals surface area contributed by atoms with Crippen LogP contribution in [0.1, 0.15) is 21.5 Å². The molecule has 1 N–H and O–H groups in total. The molecule has 1 aliphatic carbocycles. The van der Waals surface area contributed by atoms with Crippen molar-refractivity contribution >= 4 is 5.91 Å². The van der Waals surface area contributed by atoms with Crippen molar-refractivity contribution in [3.8, 4) is 0 Å². The quantitative estimate of drug-likeness (QED) is 0.942. The number of amides is 1. The van der Waals surface area contributed by atoms with Gasteiger partial charge >= 0.3 is 0 Å². The van der Waals surface area contributed by atoms with Crippen LogP contribution in [-0.2, 0) is 17.6 Å². The molecule has 1 aliphatic rings. The molecule has 0 atom stereocenters. The van der Waals surface area contributed by atoms with E-state index < -0.39 is 11.4 Å². The molecule has 0 radical (unpaired) electrons. The number of hydrogen-bond acceptors (Lipinski definition) is 2. The van der Waals surface area contributed by atoms with Crippen LogP contribution >= 0.6 is 0 Å². The van der Waals surface area contributed by atoms with Gasteiger partial charge in [0.25, 0.3) is 5.91 Å². The molecule has 0 fully saturated rings. The predicted octanol–water partition coefficient (Wildman–Crippen LogP) is 2.74. The monoisotopic (exact) mass is 299 g/mol. The van der Waals surface area contributed by atoms with Crippen LogP contribution in [0.2, 0.25) is 0 Å². The molecular formula is C18H18FNO2. The maximum Gasteiger partial charge on any atom is 0.251 e. The van der Waals surface area contributed by atoms with Crippen molar-refractivity contribution in [3.63, 3.8) is 0 Å². The lowest BCUT2D eigenvalue weighted by Crippen LogP contribution is -2.45. The standard InChI is InChI=1S/C18H18FNO2/c1-22-18(10-14-5-2-3-6-15(14)11-18)12-20-17(21)13-7-4-8-16(19)9-13/h2-9H,10-12H2,1H3,(H,20,21). The van der Waals surface area contributed by atoms with Crippen LogP contribution in [0.15, 0.2) is 48.5 Å². The molecule has 2 aromatic rings. The number of carbonyl (C=O) groups is 1. The van der Waals surface area contributed by atoms with Crippen molar-refractivity contribution in [1.82, 2.24) is 5.32 Å². The maximum absolute atomic E-state index is 13.2. The highest BCUT2D eigenvalue weighted by Crippen LogP contribution is 2.32. The molecule has 0 aromatic heterocycles. The molecule has 3 nitrogen and oxygen atoms in total. The fraction of sp³-hybridized carbons (Fsp3) is 0.278. The molecular weight excluding hydrogens is 281 g/mol. The fourth-order valence-corrected chi connectivity index (χ4v) is 2.97. The topological polar surface area (TPSA) is 38.3 Å². The number of hydrogen-bond donors (Lipinski definition) is 1. The molecule has 0 aliphatic heterocycles. The number of nitrogens with one attached hydrogen (secondary N) is 1. The molecule has 2 aromatic carbocycles. The highest BCUT2D eigenvalue weighted by molar-refractivity contribution is 5.94. The number of carbonyl (C=O) groups excluding carboxylic acids is 1. The van der Waals surface area contributed by atoms with Gasteiger partial charge in [0.2, 0.25) is 0 Å². The lowest BCUT2D eigenvalue weighted by Gasteiger charge is -2.27. The third-order valence-corrected chi connectivity index (χ3v) is 4.23. The molecule has 4 heteroatoms. The van der Waals surface area contributed by atoms with E-state index in [2.05, 4.69) is 17.4 Å².